The van der Waals surface area contributed by atoms with Crippen LogP contribution < -0.4 is 15.7 Å². The van der Waals surface area contributed by atoms with Crippen molar-refractivity contribution in [1.82, 2.24) is 19.6 Å². The van der Waals surface area contributed by atoms with Gasteiger partial charge in [0.25, 0.3) is 0 Å². The average molecular weight is 370 g/mol. The number of nitrogens with one attached hydrogen (secondary N) is 2. The molecule has 2 fully saturated rings. The summed E-state index contributed by atoms with van der Waals surface area (Å²) in [6.45, 7) is 3.85. The molecule has 0 spiro atoms. The fraction of sp³-hybridized carbons (Fsp3) is 0.667. The van der Waals surface area contributed by atoms with Gasteiger partial charge in [-0.25, -0.2) is 17.9 Å². The molecule has 10 heteroatoms. The molecule has 138 valence electrons. The first-order valence-electron chi connectivity index (χ1n) is 8.09. The van der Waals surface area contributed by atoms with Crippen LogP contribution in [0, 0.1) is 19.8 Å². The highest BCUT2D eigenvalue weighted by Gasteiger charge is 2.55. The highest BCUT2D eigenvalue weighted by molar-refractivity contribution is 7.88. The summed E-state index contributed by atoms with van der Waals surface area (Å²) in [5, 5.41) is 2.84. The molecule has 1 saturated heterocycles. The van der Waals surface area contributed by atoms with Crippen molar-refractivity contribution in [3.8, 4) is 0 Å². The Bertz CT molecular complexity index is 850. The van der Waals surface area contributed by atoms with Gasteiger partial charge < -0.3 is 10.1 Å². The number of nitrogens with zero attached hydrogens (tertiary/aromatic N) is 2. The van der Waals surface area contributed by atoms with Gasteiger partial charge in [-0.2, -0.15) is 4.98 Å². The van der Waals surface area contributed by atoms with Crippen LogP contribution in [0.3, 0.4) is 0 Å². The van der Waals surface area contributed by atoms with Crippen LogP contribution in [0.2, 0.25) is 0 Å². The van der Waals surface area contributed by atoms with Crippen molar-refractivity contribution in [2.75, 3.05) is 12.9 Å². The largest absolute Gasteiger partial charge is 0.376 e. The van der Waals surface area contributed by atoms with Crippen LogP contribution in [0.4, 0.5) is 0 Å². The van der Waals surface area contributed by atoms with E-state index >= 15 is 0 Å². The number of aryl methyl sites for hydroxylation is 2. The normalized spacial score (nSPS) is 28.3. The maximum atomic E-state index is 12.4. The van der Waals surface area contributed by atoms with E-state index in [0.29, 0.717) is 18.0 Å². The molecule has 1 aliphatic carbocycles. The number of ether oxygens (including phenoxy) is 1. The van der Waals surface area contributed by atoms with E-state index in [-0.39, 0.29) is 30.5 Å². The van der Waals surface area contributed by atoms with E-state index in [2.05, 4.69) is 15.0 Å². The van der Waals surface area contributed by atoms with Crippen molar-refractivity contribution in [2.24, 2.45) is 5.92 Å². The Morgan fingerprint density at radius 2 is 2.12 bits per heavy atom. The van der Waals surface area contributed by atoms with Gasteiger partial charge in [0.2, 0.25) is 15.9 Å². The van der Waals surface area contributed by atoms with Gasteiger partial charge >= 0.3 is 5.69 Å². The number of fused-ring (bicyclic) bond motifs is 1. The molecule has 3 rings (SSSR count). The molecule has 0 radical (unpaired) electrons. The second kappa shape index (κ2) is 6.50. The van der Waals surface area contributed by atoms with Crippen LogP contribution in [0.25, 0.3) is 0 Å². The van der Waals surface area contributed by atoms with Gasteiger partial charge in [-0.3, -0.25) is 9.36 Å². The van der Waals surface area contributed by atoms with E-state index in [1.54, 1.807) is 19.9 Å². The molecule has 25 heavy (non-hydrogen) atoms. The summed E-state index contributed by atoms with van der Waals surface area (Å²) in [4.78, 5) is 28.2. The zero-order valence-corrected chi connectivity index (χ0v) is 15.2. The molecular formula is C15H22N4O5S. The third kappa shape index (κ3) is 3.75. The molecule has 4 atom stereocenters. The van der Waals surface area contributed by atoms with Gasteiger partial charge in [-0.15, -0.1) is 0 Å². The van der Waals surface area contributed by atoms with E-state index in [4.69, 9.17) is 4.74 Å². The summed E-state index contributed by atoms with van der Waals surface area (Å²) in [6, 6.07) is 0.900. The molecule has 0 bridgehead atoms. The third-order valence-electron chi connectivity index (χ3n) is 4.71. The van der Waals surface area contributed by atoms with Crippen molar-refractivity contribution in [3.05, 3.63) is 27.9 Å². The van der Waals surface area contributed by atoms with Crippen molar-refractivity contribution in [2.45, 2.75) is 45.0 Å². The quantitative estimate of drug-likeness (QED) is 0.664. The first-order chi connectivity index (χ1) is 11.7. The van der Waals surface area contributed by atoms with E-state index in [9.17, 15) is 18.0 Å². The summed E-state index contributed by atoms with van der Waals surface area (Å²) >= 11 is 0. The summed E-state index contributed by atoms with van der Waals surface area (Å²) < 4.78 is 32.4. The number of hydrogen-bond acceptors (Lipinski definition) is 6. The predicted octanol–water partition coefficient (Wildman–Crippen LogP) is -1.32. The van der Waals surface area contributed by atoms with Gasteiger partial charge in [0.05, 0.1) is 24.4 Å². The Hall–Kier alpha value is -1.78. The van der Waals surface area contributed by atoms with Crippen LogP contribution in [0.15, 0.2) is 10.9 Å². The zero-order valence-electron chi connectivity index (χ0n) is 14.4. The Kier molecular flexibility index (Phi) is 4.69. The van der Waals surface area contributed by atoms with E-state index in [1.807, 2.05) is 0 Å². The van der Waals surface area contributed by atoms with Gasteiger partial charge in [0, 0.05) is 23.9 Å². The fourth-order valence-corrected chi connectivity index (χ4v) is 4.41. The van der Waals surface area contributed by atoms with Crippen LogP contribution in [0.1, 0.15) is 17.8 Å². The molecule has 0 unspecified atom stereocenters. The van der Waals surface area contributed by atoms with Gasteiger partial charge in [-0.1, -0.05) is 0 Å². The Morgan fingerprint density at radius 1 is 1.40 bits per heavy atom. The van der Waals surface area contributed by atoms with Gasteiger partial charge in [0.15, 0.2) is 0 Å². The van der Waals surface area contributed by atoms with Gasteiger partial charge in [-0.05, 0) is 26.3 Å². The molecule has 1 saturated carbocycles. The molecule has 2 heterocycles. The molecule has 1 aromatic rings. The van der Waals surface area contributed by atoms with Crippen molar-refractivity contribution >= 4 is 15.9 Å². The zero-order chi connectivity index (χ0) is 18.4. The Labute approximate surface area is 145 Å². The topological polar surface area (TPSA) is 119 Å². The lowest BCUT2D eigenvalue weighted by molar-refractivity contribution is -0.125. The number of sulfonamides is 1. The second-order valence-electron chi connectivity index (χ2n) is 6.70. The lowest BCUT2D eigenvalue weighted by atomic mass is 9.72. The molecule has 0 aromatic carbocycles. The van der Waals surface area contributed by atoms with Crippen LogP contribution >= 0.6 is 0 Å². The van der Waals surface area contributed by atoms with Crippen molar-refractivity contribution in [1.29, 1.82) is 0 Å². The average Bonchev–Trinajstić information content (AvgIpc) is 2.90. The Morgan fingerprint density at radius 3 is 2.76 bits per heavy atom. The van der Waals surface area contributed by atoms with E-state index < -0.39 is 21.8 Å². The fourth-order valence-electron chi connectivity index (χ4n) is 3.63. The number of hydrogen-bond donors (Lipinski definition) is 2. The van der Waals surface area contributed by atoms with E-state index in [1.165, 1.54) is 4.57 Å². The molecule has 1 aromatic heterocycles. The van der Waals surface area contributed by atoms with Crippen LogP contribution in [0.5, 0.6) is 0 Å². The van der Waals surface area contributed by atoms with Crippen molar-refractivity contribution < 1.29 is 17.9 Å². The van der Waals surface area contributed by atoms with Crippen molar-refractivity contribution in [3.63, 3.8) is 0 Å². The standard InChI is InChI=1S/C15H22N4O5S/c1-8-6-9(2)19(15(21)16-8)7-11(20)17-12-10-4-5-24-14(10)13(12)18-25(3,22)23/h6,10,12-14,18H,4-5,7H2,1-3H3,(H,17,20)/t10-,12+,13-,14-/m1/s1. The first-order valence-corrected chi connectivity index (χ1v) is 9.98. The summed E-state index contributed by atoms with van der Waals surface area (Å²) in [5.41, 5.74) is 0.768. The number of carbonyl (C=O) groups is 1. The minimum absolute atomic E-state index is 0.0807. The maximum Gasteiger partial charge on any atom is 0.348 e. The number of amides is 1. The number of carbonyl (C=O) groups excluding carboxylic acids is 1. The highest BCUT2D eigenvalue weighted by Crippen LogP contribution is 2.39. The molecule has 2 N–H and O–H groups in total. The summed E-state index contributed by atoms with van der Waals surface area (Å²) in [6.07, 6.45) is 1.63. The molecule has 2 aliphatic rings. The SMILES string of the molecule is Cc1cc(C)n(CC(=O)N[C@H]2[C@H]3CCO[C@H]3[C@@H]2NS(C)(=O)=O)c(=O)n1. The summed E-state index contributed by atoms with van der Waals surface area (Å²) in [7, 11) is -3.42. The molecule has 1 aliphatic heterocycles. The van der Waals surface area contributed by atoms with Crippen LogP contribution in [-0.4, -0.2) is 54.9 Å². The maximum absolute atomic E-state index is 12.4. The lowest BCUT2D eigenvalue weighted by Gasteiger charge is -2.47. The smallest absolute Gasteiger partial charge is 0.348 e. The van der Waals surface area contributed by atoms with Gasteiger partial charge in [0.1, 0.15) is 6.54 Å². The first kappa shape index (κ1) is 18.0. The molecule has 9 nitrogen and oxygen atoms in total. The monoisotopic (exact) mass is 370 g/mol. The lowest BCUT2D eigenvalue weighted by Crippen LogP contribution is -2.71. The van der Waals surface area contributed by atoms with E-state index in [0.717, 1.165) is 12.7 Å². The number of aromatic nitrogens is 2. The minimum atomic E-state index is -3.42. The highest BCUT2D eigenvalue weighted by atomic mass is 32.2. The minimum Gasteiger partial charge on any atom is -0.376 e. The Balaban J connectivity index is 1.71. The predicted molar refractivity (Wildman–Crippen MR) is 89.5 cm³/mol. The summed E-state index contributed by atoms with van der Waals surface area (Å²) in [5.74, 6) is -0.274. The molecular weight excluding hydrogens is 348 g/mol. The van der Waals surface area contributed by atoms with Crippen LogP contribution in [-0.2, 0) is 26.1 Å². The number of rotatable bonds is 5. The second-order valence-corrected chi connectivity index (χ2v) is 8.48. The molecule has 1 amide bonds. The third-order valence-corrected chi connectivity index (χ3v) is 5.41.